The van der Waals surface area contributed by atoms with Crippen molar-refractivity contribution in [3.63, 3.8) is 0 Å². The first kappa shape index (κ1) is 19.9. The summed E-state index contributed by atoms with van der Waals surface area (Å²) in [6.07, 6.45) is 3.27. The molecule has 0 aliphatic carbocycles. The van der Waals surface area contributed by atoms with Gasteiger partial charge >= 0.3 is 0 Å². The van der Waals surface area contributed by atoms with E-state index in [0.717, 1.165) is 37.9 Å². The molecule has 2 heterocycles. The summed E-state index contributed by atoms with van der Waals surface area (Å²) in [4.78, 5) is 15.6. The van der Waals surface area contributed by atoms with Crippen LogP contribution in [0.2, 0.25) is 0 Å². The number of amides is 1. The number of halogens is 1. The van der Waals surface area contributed by atoms with Crippen LogP contribution in [-0.4, -0.2) is 50.2 Å². The maximum absolute atomic E-state index is 13.4. The average molecular weight is 369 g/mol. The van der Waals surface area contributed by atoms with Gasteiger partial charge in [0, 0.05) is 18.6 Å². The van der Waals surface area contributed by atoms with E-state index in [0.29, 0.717) is 23.6 Å². The molecular formula is C19H29ClN2O3. The molecule has 1 aromatic carbocycles. The molecule has 0 saturated carbocycles. The summed E-state index contributed by atoms with van der Waals surface area (Å²) >= 11 is 0. The molecule has 0 aromatic heterocycles. The predicted octanol–water partition coefficient (Wildman–Crippen LogP) is 2.76. The lowest BCUT2D eigenvalue weighted by Crippen LogP contribution is -2.50. The second-order valence-corrected chi connectivity index (χ2v) is 7.28. The Kier molecular flexibility index (Phi) is 6.22. The Morgan fingerprint density at radius 1 is 1.12 bits per heavy atom. The molecule has 2 aliphatic rings. The molecule has 0 spiro atoms. The molecule has 2 unspecified atom stereocenters. The van der Waals surface area contributed by atoms with Crippen molar-refractivity contribution >= 4 is 18.3 Å². The van der Waals surface area contributed by atoms with Gasteiger partial charge in [0.05, 0.1) is 19.6 Å². The van der Waals surface area contributed by atoms with Crippen molar-refractivity contribution < 1.29 is 14.3 Å². The highest BCUT2D eigenvalue weighted by Gasteiger charge is 2.44. The van der Waals surface area contributed by atoms with Crippen LogP contribution in [0.1, 0.15) is 38.7 Å². The topological polar surface area (TPSA) is 50.8 Å². The van der Waals surface area contributed by atoms with Crippen molar-refractivity contribution in [1.29, 1.82) is 0 Å². The van der Waals surface area contributed by atoms with E-state index < -0.39 is 5.41 Å². The van der Waals surface area contributed by atoms with Crippen LogP contribution in [0.5, 0.6) is 11.5 Å². The van der Waals surface area contributed by atoms with Gasteiger partial charge in [-0.15, -0.1) is 12.4 Å². The SMILES string of the molecule is COc1ccc(C(C)(C)C(=O)N2C3CCNCC2CC3)cc1OC.Cl. The van der Waals surface area contributed by atoms with Crippen LogP contribution in [0.3, 0.4) is 0 Å². The maximum atomic E-state index is 13.4. The third-order valence-corrected chi connectivity index (χ3v) is 5.53. The number of methoxy groups -OCH3 is 2. The quantitative estimate of drug-likeness (QED) is 0.887. The molecule has 140 valence electrons. The fourth-order valence-electron chi connectivity index (χ4n) is 3.99. The van der Waals surface area contributed by atoms with Crippen molar-refractivity contribution in [2.45, 2.75) is 50.6 Å². The molecule has 2 bridgehead atoms. The van der Waals surface area contributed by atoms with Crippen molar-refractivity contribution in [2.24, 2.45) is 0 Å². The Morgan fingerprint density at radius 3 is 2.48 bits per heavy atom. The van der Waals surface area contributed by atoms with Crippen LogP contribution in [0, 0.1) is 0 Å². The highest BCUT2D eigenvalue weighted by molar-refractivity contribution is 5.88. The first-order chi connectivity index (χ1) is 11.5. The zero-order valence-electron chi connectivity index (χ0n) is 15.5. The molecule has 2 fully saturated rings. The highest BCUT2D eigenvalue weighted by Crippen LogP contribution is 2.37. The largest absolute Gasteiger partial charge is 0.493 e. The van der Waals surface area contributed by atoms with E-state index in [-0.39, 0.29) is 18.3 Å². The smallest absolute Gasteiger partial charge is 0.233 e. The molecule has 1 N–H and O–H groups in total. The summed E-state index contributed by atoms with van der Waals surface area (Å²) in [5.41, 5.74) is 0.367. The molecule has 3 rings (SSSR count). The second kappa shape index (κ2) is 7.83. The van der Waals surface area contributed by atoms with E-state index in [4.69, 9.17) is 9.47 Å². The number of nitrogens with zero attached hydrogens (tertiary/aromatic N) is 1. The van der Waals surface area contributed by atoms with Crippen molar-refractivity contribution in [2.75, 3.05) is 27.3 Å². The van der Waals surface area contributed by atoms with E-state index in [2.05, 4.69) is 10.2 Å². The van der Waals surface area contributed by atoms with Gasteiger partial charge in [0.15, 0.2) is 11.5 Å². The van der Waals surface area contributed by atoms with E-state index >= 15 is 0 Å². The van der Waals surface area contributed by atoms with Crippen LogP contribution < -0.4 is 14.8 Å². The number of nitrogens with one attached hydrogen (secondary N) is 1. The van der Waals surface area contributed by atoms with Gasteiger partial charge in [-0.25, -0.2) is 0 Å². The lowest BCUT2D eigenvalue weighted by molar-refractivity contribution is -0.139. The first-order valence-electron chi connectivity index (χ1n) is 8.75. The van der Waals surface area contributed by atoms with E-state index in [1.807, 2.05) is 32.0 Å². The standard InChI is InChI=1S/C19H28N2O3.ClH/c1-19(2,13-5-8-16(23-3)17(11-13)24-4)18(22)21-14-6-7-15(21)12-20-10-9-14;/h5,8,11,14-15,20H,6-7,9-10,12H2,1-4H3;1H. The molecule has 1 aromatic rings. The fraction of sp³-hybridized carbons (Fsp3) is 0.632. The zero-order valence-corrected chi connectivity index (χ0v) is 16.3. The number of benzene rings is 1. The monoisotopic (exact) mass is 368 g/mol. The minimum atomic E-state index is -0.593. The third-order valence-electron chi connectivity index (χ3n) is 5.53. The molecule has 6 heteroatoms. The molecule has 25 heavy (non-hydrogen) atoms. The summed E-state index contributed by atoms with van der Waals surface area (Å²) in [5.74, 6) is 1.56. The van der Waals surface area contributed by atoms with E-state index in [9.17, 15) is 4.79 Å². The molecule has 2 saturated heterocycles. The highest BCUT2D eigenvalue weighted by atomic mass is 35.5. The summed E-state index contributed by atoms with van der Waals surface area (Å²) in [6.45, 7) is 5.93. The lowest BCUT2D eigenvalue weighted by atomic mass is 9.82. The van der Waals surface area contributed by atoms with Gasteiger partial charge in [-0.2, -0.15) is 0 Å². The summed E-state index contributed by atoms with van der Waals surface area (Å²) in [6, 6.07) is 6.47. The number of carbonyl (C=O) groups excluding carboxylic acids is 1. The van der Waals surface area contributed by atoms with E-state index in [1.165, 1.54) is 0 Å². The summed E-state index contributed by atoms with van der Waals surface area (Å²) in [5, 5.41) is 3.46. The second-order valence-electron chi connectivity index (χ2n) is 7.28. The predicted molar refractivity (Wildman–Crippen MR) is 101 cm³/mol. The number of hydrogen-bond acceptors (Lipinski definition) is 4. The van der Waals surface area contributed by atoms with Crippen LogP contribution in [0.4, 0.5) is 0 Å². The first-order valence-corrected chi connectivity index (χ1v) is 8.75. The maximum Gasteiger partial charge on any atom is 0.233 e. The summed E-state index contributed by atoms with van der Waals surface area (Å²) < 4.78 is 10.7. The number of hydrogen-bond donors (Lipinski definition) is 1. The Hall–Kier alpha value is -1.46. The number of carbonyl (C=O) groups is 1. The molecule has 0 radical (unpaired) electrons. The van der Waals surface area contributed by atoms with Crippen LogP contribution >= 0.6 is 12.4 Å². The van der Waals surface area contributed by atoms with Gasteiger partial charge in [0.25, 0.3) is 0 Å². The van der Waals surface area contributed by atoms with Gasteiger partial charge in [-0.05, 0) is 57.4 Å². The van der Waals surface area contributed by atoms with Crippen molar-refractivity contribution in [3.8, 4) is 11.5 Å². The van der Waals surface area contributed by atoms with Gasteiger partial charge in [0.1, 0.15) is 0 Å². The minimum Gasteiger partial charge on any atom is -0.493 e. The van der Waals surface area contributed by atoms with Gasteiger partial charge < -0.3 is 19.7 Å². The van der Waals surface area contributed by atoms with Crippen LogP contribution in [0.25, 0.3) is 0 Å². The van der Waals surface area contributed by atoms with Crippen LogP contribution in [-0.2, 0) is 10.2 Å². The number of ether oxygens (including phenoxy) is 2. The van der Waals surface area contributed by atoms with Gasteiger partial charge in [-0.3, -0.25) is 4.79 Å². The van der Waals surface area contributed by atoms with Crippen molar-refractivity contribution in [3.05, 3.63) is 23.8 Å². The Balaban J connectivity index is 0.00000225. The number of fused-ring (bicyclic) bond motifs is 2. The fourth-order valence-corrected chi connectivity index (χ4v) is 3.99. The number of rotatable bonds is 4. The average Bonchev–Trinajstić information content (AvgIpc) is 2.85. The molecule has 2 aliphatic heterocycles. The Labute approximate surface area is 156 Å². The molecular weight excluding hydrogens is 340 g/mol. The van der Waals surface area contributed by atoms with Crippen LogP contribution in [0.15, 0.2) is 18.2 Å². The third kappa shape index (κ3) is 3.58. The van der Waals surface area contributed by atoms with E-state index in [1.54, 1.807) is 14.2 Å². The van der Waals surface area contributed by atoms with Gasteiger partial charge in [-0.1, -0.05) is 6.07 Å². The van der Waals surface area contributed by atoms with Gasteiger partial charge in [0.2, 0.25) is 5.91 Å². The molecule has 1 amide bonds. The lowest BCUT2D eigenvalue weighted by Gasteiger charge is -2.36. The zero-order chi connectivity index (χ0) is 17.3. The molecule has 5 nitrogen and oxygen atoms in total. The Bertz CT molecular complexity index is 607. The minimum absolute atomic E-state index is 0. The normalized spacial score (nSPS) is 22.8. The molecule has 2 atom stereocenters. The summed E-state index contributed by atoms with van der Waals surface area (Å²) in [7, 11) is 3.24. The Morgan fingerprint density at radius 2 is 1.80 bits per heavy atom. The van der Waals surface area contributed by atoms with Crippen molar-refractivity contribution in [1.82, 2.24) is 10.2 Å².